The molecule has 4 rings (SSSR count). The van der Waals surface area contributed by atoms with E-state index >= 15 is 0 Å². The van der Waals surface area contributed by atoms with Crippen LogP contribution in [0.4, 0.5) is 0 Å². The van der Waals surface area contributed by atoms with Gasteiger partial charge in [0.2, 0.25) is 0 Å². The third-order valence-electron chi connectivity index (χ3n) is 5.94. The van der Waals surface area contributed by atoms with Crippen molar-refractivity contribution in [3.63, 3.8) is 0 Å². The molecule has 0 aromatic carbocycles. The average Bonchev–Trinajstić information content (AvgIpc) is 3.21. The highest BCUT2D eigenvalue weighted by Crippen LogP contribution is 2.44. The number of rotatable bonds is 4. The molecule has 0 bridgehead atoms. The number of hydrogen-bond acceptors (Lipinski definition) is 4. The van der Waals surface area contributed by atoms with Gasteiger partial charge in [0.15, 0.2) is 5.69 Å². The van der Waals surface area contributed by atoms with Gasteiger partial charge in [0.05, 0.1) is 5.60 Å². The molecule has 0 radical (unpaired) electrons. The number of aromatic nitrogens is 2. The Labute approximate surface area is 188 Å². The molecule has 5 heteroatoms. The Balaban J connectivity index is 0.000000170. The van der Waals surface area contributed by atoms with Crippen LogP contribution in [-0.4, -0.2) is 22.2 Å². The van der Waals surface area contributed by atoms with Crippen LogP contribution in [0.5, 0.6) is 0 Å². The lowest BCUT2D eigenvalue weighted by Crippen LogP contribution is -2.36. The first-order chi connectivity index (χ1) is 14.2. The zero-order valence-electron chi connectivity index (χ0n) is 17.2. The number of nitriles is 1. The van der Waals surface area contributed by atoms with E-state index in [4.69, 9.17) is 10.00 Å². The molecule has 1 aliphatic heterocycles. The third kappa shape index (κ3) is 6.23. The van der Waals surface area contributed by atoms with Gasteiger partial charge < -0.3 is 4.74 Å². The topological polar surface area (TPSA) is 58.8 Å². The smallest absolute Gasteiger partial charge is 0.153 e. The predicted molar refractivity (Wildman–Crippen MR) is 124 cm³/mol. The lowest BCUT2D eigenvalue weighted by Gasteiger charge is -2.38. The van der Waals surface area contributed by atoms with Crippen molar-refractivity contribution in [1.82, 2.24) is 9.97 Å². The molecular weight excluding hydrogens is 473 g/mol. The normalized spacial score (nSPS) is 20.0. The van der Waals surface area contributed by atoms with Crippen molar-refractivity contribution in [3.8, 4) is 6.07 Å². The van der Waals surface area contributed by atoms with Crippen LogP contribution in [0, 0.1) is 14.9 Å². The maximum atomic E-state index is 8.67. The van der Waals surface area contributed by atoms with Crippen LogP contribution in [0.3, 0.4) is 0 Å². The fourth-order valence-corrected chi connectivity index (χ4v) is 5.00. The monoisotopic (exact) mass is 503 g/mol. The molecule has 0 unspecified atom stereocenters. The summed E-state index contributed by atoms with van der Waals surface area (Å²) in [5.74, 6) is 0.619. The van der Waals surface area contributed by atoms with Gasteiger partial charge in [-0.2, -0.15) is 5.26 Å². The lowest BCUT2D eigenvalue weighted by molar-refractivity contribution is -0.0809. The molecule has 3 heterocycles. The maximum Gasteiger partial charge on any atom is 0.153 e. The second-order valence-corrected chi connectivity index (χ2v) is 9.23. The fraction of sp³-hybridized carbons (Fsp3) is 0.542. The Hall–Kier alpha value is -1.52. The number of aryl methyl sites for hydroxylation is 1. The van der Waals surface area contributed by atoms with Gasteiger partial charge >= 0.3 is 0 Å². The Morgan fingerprint density at radius 1 is 1.28 bits per heavy atom. The summed E-state index contributed by atoms with van der Waals surface area (Å²) in [5.41, 5.74) is 3.23. The van der Waals surface area contributed by atoms with E-state index in [0.717, 1.165) is 23.0 Å². The summed E-state index contributed by atoms with van der Waals surface area (Å²) in [4.78, 5) is 8.58. The van der Waals surface area contributed by atoms with Crippen molar-refractivity contribution in [2.75, 3.05) is 6.61 Å². The van der Waals surface area contributed by atoms with Crippen molar-refractivity contribution in [2.45, 2.75) is 76.2 Å². The summed E-state index contributed by atoms with van der Waals surface area (Å²) in [6.07, 6.45) is 14.7. The standard InChI is InChI=1S/C14H19NO.C10H11IN2/c1-4-9-15-13(5-1)12-6-10-16-14(11-12)7-2-3-8-14;1-2-3-4-8-5-9(11)10(6-12)13-7-8/h1,4-5,9,12H,2-3,6-8,10-11H2;5,7H,2-4H2,1H3/t12-;/m1./s1. The minimum atomic E-state index is 0.209. The molecule has 2 fully saturated rings. The zero-order chi connectivity index (χ0) is 20.5. The summed E-state index contributed by atoms with van der Waals surface area (Å²) in [5, 5.41) is 8.67. The highest BCUT2D eigenvalue weighted by Gasteiger charge is 2.40. The van der Waals surface area contributed by atoms with Crippen LogP contribution in [0.2, 0.25) is 0 Å². The van der Waals surface area contributed by atoms with Crippen molar-refractivity contribution in [2.24, 2.45) is 0 Å². The average molecular weight is 503 g/mol. The van der Waals surface area contributed by atoms with Crippen LogP contribution in [0.15, 0.2) is 36.7 Å². The Kier molecular flexibility index (Phi) is 8.43. The number of ether oxygens (including phenoxy) is 1. The largest absolute Gasteiger partial charge is 0.375 e. The van der Waals surface area contributed by atoms with Crippen LogP contribution in [0.25, 0.3) is 0 Å². The second-order valence-electron chi connectivity index (χ2n) is 8.07. The molecule has 1 spiro atoms. The minimum Gasteiger partial charge on any atom is -0.375 e. The molecule has 0 N–H and O–H groups in total. The molecule has 1 aliphatic carbocycles. The zero-order valence-corrected chi connectivity index (χ0v) is 19.4. The van der Waals surface area contributed by atoms with Gasteiger partial charge in [0.1, 0.15) is 6.07 Å². The summed E-state index contributed by atoms with van der Waals surface area (Å²) in [6.45, 7) is 3.09. The van der Waals surface area contributed by atoms with Gasteiger partial charge in [-0.05, 0) is 84.9 Å². The summed E-state index contributed by atoms with van der Waals surface area (Å²) in [6, 6.07) is 10.4. The lowest BCUT2D eigenvalue weighted by atomic mass is 9.83. The Morgan fingerprint density at radius 2 is 2.10 bits per heavy atom. The van der Waals surface area contributed by atoms with Gasteiger partial charge in [-0.1, -0.05) is 32.3 Å². The van der Waals surface area contributed by atoms with E-state index < -0.39 is 0 Å². The molecule has 2 aromatic rings. The van der Waals surface area contributed by atoms with Gasteiger partial charge in [-0.3, -0.25) is 4.98 Å². The SMILES string of the molecule is CCCCc1cnc(C#N)c(I)c1.c1ccc([C@@H]2CCOC3(CCCC3)C2)nc1. The van der Waals surface area contributed by atoms with Crippen LogP contribution >= 0.6 is 22.6 Å². The Bertz CT molecular complexity index is 813. The van der Waals surface area contributed by atoms with E-state index in [0.29, 0.717) is 11.6 Å². The number of unbranched alkanes of at least 4 members (excludes halogenated alkanes) is 1. The quantitative estimate of drug-likeness (QED) is 0.467. The van der Waals surface area contributed by atoms with E-state index in [-0.39, 0.29) is 5.60 Å². The first kappa shape index (κ1) is 22.2. The molecule has 2 aliphatic rings. The molecule has 1 saturated heterocycles. The highest BCUT2D eigenvalue weighted by molar-refractivity contribution is 14.1. The van der Waals surface area contributed by atoms with E-state index in [1.165, 1.54) is 56.2 Å². The number of hydrogen-bond donors (Lipinski definition) is 0. The van der Waals surface area contributed by atoms with Crippen LogP contribution in [-0.2, 0) is 11.2 Å². The van der Waals surface area contributed by atoms with Crippen molar-refractivity contribution in [3.05, 3.63) is 57.2 Å². The summed E-state index contributed by atoms with van der Waals surface area (Å²) < 4.78 is 7.00. The molecule has 4 nitrogen and oxygen atoms in total. The van der Waals surface area contributed by atoms with Crippen molar-refractivity contribution >= 4 is 22.6 Å². The van der Waals surface area contributed by atoms with E-state index in [1.807, 2.05) is 18.3 Å². The minimum absolute atomic E-state index is 0.209. The van der Waals surface area contributed by atoms with Crippen LogP contribution in [0.1, 0.15) is 81.2 Å². The second kappa shape index (κ2) is 11.0. The molecule has 0 amide bonds. The first-order valence-electron chi connectivity index (χ1n) is 10.8. The van der Waals surface area contributed by atoms with E-state index in [1.54, 1.807) is 6.20 Å². The molecular formula is C24H30IN3O. The van der Waals surface area contributed by atoms with Crippen molar-refractivity contribution in [1.29, 1.82) is 5.26 Å². The van der Waals surface area contributed by atoms with Gasteiger partial charge in [0.25, 0.3) is 0 Å². The number of nitrogens with zero attached hydrogens (tertiary/aromatic N) is 3. The fourth-order valence-electron chi connectivity index (χ4n) is 4.34. The van der Waals surface area contributed by atoms with Crippen molar-refractivity contribution < 1.29 is 4.74 Å². The van der Waals surface area contributed by atoms with E-state index in [9.17, 15) is 0 Å². The summed E-state index contributed by atoms with van der Waals surface area (Å²) >= 11 is 2.15. The molecule has 1 saturated carbocycles. The Morgan fingerprint density at radius 3 is 2.76 bits per heavy atom. The molecule has 154 valence electrons. The maximum absolute atomic E-state index is 8.67. The molecule has 1 atom stereocenters. The molecule has 2 aromatic heterocycles. The number of halogens is 1. The first-order valence-corrected chi connectivity index (χ1v) is 11.8. The van der Waals surface area contributed by atoms with Crippen LogP contribution < -0.4 is 0 Å². The summed E-state index contributed by atoms with van der Waals surface area (Å²) in [7, 11) is 0. The van der Waals surface area contributed by atoms with Gasteiger partial charge in [0, 0.05) is 34.2 Å². The highest BCUT2D eigenvalue weighted by atomic mass is 127. The third-order valence-corrected chi connectivity index (χ3v) is 6.76. The molecule has 29 heavy (non-hydrogen) atoms. The predicted octanol–water partition coefficient (Wildman–Crippen LogP) is 6.19. The van der Waals surface area contributed by atoms with E-state index in [2.05, 4.69) is 57.7 Å². The van der Waals surface area contributed by atoms with Gasteiger partial charge in [-0.25, -0.2) is 4.98 Å². The number of pyridine rings is 2. The van der Waals surface area contributed by atoms with Gasteiger partial charge in [-0.15, -0.1) is 0 Å².